The van der Waals surface area contributed by atoms with E-state index in [1.54, 1.807) is 36.4 Å². The molecule has 162 valence electrons. The fourth-order valence-electron chi connectivity index (χ4n) is 3.76. The van der Waals surface area contributed by atoms with Crippen LogP contribution in [-0.2, 0) is 16.0 Å². The maximum absolute atomic E-state index is 13.3. The molecular weight excluding hydrogens is 427 g/mol. The number of carbonyl (C=O) groups excluding carboxylic acids is 2. The van der Waals surface area contributed by atoms with Gasteiger partial charge in [0.05, 0.1) is 5.57 Å². The molecule has 0 aliphatic carbocycles. The van der Waals surface area contributed by atoms with Gasteiger partial charge in [-0.3, -0.25) is 14.5 Å². The van der Waals surface area contributed by atoms with Gasteiger partial charge in [0.25, 0.3) is 11.8 Å². The average molecular weight is 449 g/mol. The van der Waals surface area contributed by atoms with E-state index in [-0.39, 0.29) is 29.9 Å². The first kappa shape index (κ1) is 21.8. The Morgan fingerprint density at radius 3 is 2.25 bits per heavy atom. The minimum Gasteiger partial charge on any atom is -0.350 e. The molecule has 0 unspecified atom stereocenters. The van der Waals surface area contributed by atoms with Crippen molar-refractivity contribution in [2.75, 3.05) is 11.9 Å². The summed E-state index contributed by atoms with van der Waals surface area (Å²) in [6.07, 6.45) is 0.433. The number of hydrogen-bond acceptors (Lipinski definition) is 3. The summed E-state index contributed by atoms with van der Waals surface area (Å²) in [5, 5.41) is 3.74. The van der Waals surface area contributed by atoms with Crippen molar-refractivity contribution in [3.05, 3.63) is 106 Å². The van der Waals surface area contributed by atoms with Crippen LogP contribution in [0, 0.1) is 19.7 Å². The lowest BCUT2D eigenvalue weighted by Gasteiger charge is -2.16. The number of halogens is 2. The van der Waals surface area contributed by atoms with Gasteiger partial charge in [0.1, 0.15) is 11.5 Å². The number of imide groups is 1. The summed E-state index contributed by atoms with van der Waals surface area (Å²) in [6, 6.07) is 18.8. The van der Waals surface area contributed by atoms with E-state index in [4.69, 9.17) is 11.6 Å². The van der Waals surface area contributed by atoms with Crippen molar-refractivity contribution in [2.45, 2.75) is 20.3 Å². The lowest BCUT2D eigenvalue weighted by Crippen LogP contribution is -2.34. The Morgan fingerprint density at radius 2 is 1.59 bits per heavy atom. The van der Waals surface area contributed by atoms with Crippen LogP contribution in [0.2, 0.25) is 5.02 Å². The van der Waals surface area contributed by atoms with Crippen molar-refractivity contribution >= 4 is 34.7 Å². The van der Waals surface area contributed by atoms with Crippen LogP contribution in [0.3, 0.4) is 0 Å². The van der Waals surface area contributed by atoms with E-state index in [0.717, 1.165) is 22.4 Å². The van der Waals surface area contributed by atoms with Crippen molar-refractivity contribution in [1.29, 1.82) is 0 Å². The third kappa shape index (κ3) is 4.43. The smallest absolute Gasteiger partial charge is 0.278 e. The molecule has 4 nitrogen and oxygen atoms in total. The van der Waals surface area contributed by atoms with E-state index >= 15 is 0 Å². The van der Waals surface area contributed by atoms with Gasteiger partial charge >= 0.3 is 0 Å². The molecule has 1 N–H and O–H groups in total. The van der Waals surface area contributed by atoms with Crippen LogP contribution in [-0.4, -0.2) is 23.3 Å². The highest BCUT2D eigenvalue weighted by Gasteiger charge is 2.39. The van der Waals surface area contributed by atoms with Crippen molar-refractivity contribution in [3.8, 4) is 0 Å². The molecule has 0 fully saturated rings. The normalized spacial score (nSPS) is 13.8. The predicted molar refractivity (Wildman–Crippen MR) is 125 cm³/mol. The van der Waals surface area contributed by atoms with Crippen LogP contribution >= 0.6 is 11.6 Å². The van der Waals surface area contributed by atoms with Gasteiger partial charge in [-0.1, -0.05) is 53.6 Å². The van der Waals surface area contributed by atoms with E-state index in [1.165, 1.54) is 17.0 Å². The first-order valence-electron chi connectivity index (χ1n) is 10.3. The number of carbonyl (C=O) groups is 2. The van der Waals surface area contributed by atoms with Gasteiger partial charge < -0.3 is 5.32 Å². The topological polar surface area (TPSA) is 49.4 Å². The summed E-state index contributed by atoms with van der Waals surface area (Å²) < 4.78 is 13.2. The molecule has 6 heteroatoms. The quantitative estimate of drug-likeness (QED) is 0.504. The number of benzene rings is 3. The van der Waals surface area contributed by atoms with Crippen LogP contribution < -0.4 is 5.32 Å². The Hall–Kier alpha value is -3.44. The molecule has 0 saturated heterocycles. The maximum Gasteiger partial charge on any atom is 0.278 e. The molecule has 3 aromatic rings. The molecule has 32 heavy (non-hydrogen) atoms. The van der Waals surface area contributed by atoms with Crippen molar-refractivity contribution in [2.24, 2.45) is 0 Å². The molecule has 3 aromatic carbocycles. The minimum atomic E-state index is -0.387. The summed E-state index contributed by atoms with van der Waals surface area (Å²) in [5.41, 5.74) is 4.85. The summed E-state index contributed by atoms with van der Waals surface area (Å²) in [7, 11) is 0. The summed E-state index contributed by atoms with van der Waals surface area (Å²) in [6.45, 7) is 4.14. The molecule has 0 aromatic heterocycles. The number of amides is 2. The number of aryl methyl sites for hydroxylation is 2. The predicted octanol–water partition coefficient (Wildman–Crippen LogP) is 5.53. The van der Waals surface area contributed by atoms with Crippen LogP contribution in [0.1, 0.15) is 22.3 Å². The zero-order chi connectivity index (χ0) is 22.8. The van der Waals surface area contributed by atoms with E-state index in [9.17, 15) is 14.0 Å². The third-order valence-corrected chi connectivity index (χ3v) is 5.73. The third-order valence-electron chi connectivity index (χ3n) is 5.48. The summed E-state index contributed by atoms with van der Waals surface area (Å²) >= 11 is 6.02. The number of nitrogens with zero attached hydrogens (tertiary/aromatic N) is 1. The Labute approximate surface area is 191 Å². The largest absolute Gasteiger partial charge is 0.350 e. The zero-order valence-electron chi connectivity index (χ0n) is 17.8. The van der Waals surface area contributed by atoms with Crippen LogP contribution in [0.5, 0.6) is 0 Å². The SMILES string of the molecule is Cc1ccc(NC2=C(c3ccc(Cl)cc3)C(=O)N(CCc3ccc(F)cc3)C2=O)c(C)c1. The highest BCUT2D eigenvalue weighted by molar-refractivity contribution is 6.37. The molecule has 1 heterocycles. The van der Waals surface area contributed by atoms with Crippen molar-refractivity contribution in [1.82, 2.24) is 4.90 Å². The highest BCUT2D eigenvalue weighted by Crippen LogP contribution is 2.32. The number of nitrogens with one attached hydrogen (secondary N) is 1. The second-order valence-corrected chi connectivity index (χ2v) is 8.28. The van der Waals surface area contributed by atoms with Crippen molar-refractivity contribution in [3.63, 3.8) is 0 Å². The number of rotatable bonds is 6. The molecule has 0 atom stereocenters. The van der Waals surface area contributed by atoms with E-state index in [1.807, 2.05) is 32.0 Å². The van der Waals surface area contributed by atoms with Gasteiger partial charge in [-0.15, -0.1) is 0 Å². The number of hydrogen-bond donors (Lipinski definition) is 1. The van der Waals surface area contributed by atoms with Crippen LogP contribution in [0.15, 0.2) is 72.4 Å². The second-order valence-electron chi connectivity index (χ2n) is 7.84. The summed E-state index contributed by atoms with van der Waals surface area (Å²) in [5.74, 6) is -1.08. The average Bonchev–Trinajstić information content (AvgIpc) is 2.99. The lowest BCUT2D eigenvalue weighted by atomic mass is 10.0. The zero-order valence-corrected chi connectivity index (χ0v) is 18.5. The van der Waals surface area contributed by atoms with E-state index < -0.39 is 0 Å². The second kappa shape index (κ2) is 8.97. The molecule has 0 bridgehead atoms. The molecule has 0 saturated carbocycles. The maximum atomic E-state index is 13.3. The fraction of sp³-hybridized carbons (Fsp3) is 0.154. The minimum absolute atomic E-state index is 0.193. The first-order valence-corrected chi connectivity index (χ1v) is 10.7. The molecule has 0 spiro atoms. The number of anilines is 1. The van der Waals surface area contributed by atoms with Gasteiger partial charge in [0.15, 0.2) is 0 Å². The highest BCUT2D eigenvalue weighted by atomic mass is 35.5. The summed E-state index contributed by atoms with van der Waals surface area (Å²) in [4.78, 5) is 27.9. The van der Waals surface area contributed by atoms with E-state index in [2.05, 4.69) is 5.32 Å². The fourth-order valence-corrected chi connectivity index (χ4v) is 3.89. The molecule has 2 amide bonds. The molecule has 0 radical (unpaired) electrons. The molecule has 4 rings (SSSR count). The Bertz CT molecular complexity index is 1220. The van der Waals surface area contributed by atoms with Crippen molar-refractivity contribution < 1.29 is 14.0 Å². The van der Waals surface area contributed by atoms with Gasteiger partial charge in [0.2, 0.25) is 0 Å². The van der Waals surface area contributed by atoms with Crippen LogP contribution in [0.25, 0.3) is 5.57 Å². The molecule has 1 aliphatic heterocycles. The van der Waals surface area contributed by atoms with Gasteiger partial charge in [-0.2, -0.15) is 0 Å². The van der Waals surface area contributed by atoms with Crippen LogP contribution in [0.4, 0.5) is 10.1 Å². The van der Waals surface area contributed by atoms with Gasteiger partial charge in [0, 0.05) is 17.3 Å². The van der Waals surface area contributed by atoms with Gasteiger partial charge in [-0.25, -0.2) is 4.39 Å². The molecular formula is C26H22ClFN2O2. The monoisotopic (exact) mass is 448 g/mol. The lowest BCUT2D eigenvalue weighted by molar-refractivity contribution is -0.136. The Balaban J connectivity index is 1.67. The standard InChI is InChI=1S/C26H22ClFN2O2/c1-16-3-12-22(17(2)15-16)29-24-23(19-6-8-20(27)9-7-19)25(31)30(26(24)32)14-13-18-4-10-21(28)11-5-18/h3-12,15,29H,13-14H2,1-2H3. The van der Waals surface area contributed by atoms with Gasteiger partial charge in [-0.05, 0) is 67.3 Å². The first-order chi connectivity index (χ1) is 15.3. The van der Waals surface area contributed by atoms with E-state index in [0.29, 0.717) is 22.6 Å². The Kier molecular flexibility index (Phi) is 6.10. The molecule has 1 aliphatic rings. The Morgan fingerprint density at radius 1 is 0.906 bits per heavy atom.